The molecule has 124 valence electrons. The topological polar surface area (TPSA) is 77.4 Å². The molecule has 0 saturated heterocycles. The minimum absolute atomic E-state index is 0.502. The summed E-state index contributed by atoms with van der Waals surface area (Å²) in [5.41, 5.74) is 0. The van der Waals surface area contributed by atoms with Crippen molar-refractivity contribution in [2.45, 2.75) is 53.4 Å². The average Bonchev–Trinajstić information content (AvgIpc) is 2.41. The van der Waals surface area contributed by atoms with Gasteiger partial charge in [0.2, 0.25) is 0 Å². The molecule has 0 spiro atoms. The fraction of sp³-hybridized carbons (Fsp3) is 1.00. The minimum atomic E-state index is -1.60. The van der Waals surface area contributed by atoms with Crippen LogP contribution in [0.3, 0.4) is 0 Å². The molecule has 6 nitrogen and oxygen atoms in total. The van der Waals surface area contributed by atoms with E-state index >= 15 is 0 Å². The van der Waals surface area contributed by atoms with Gasteiger partial charge in [-0.1, -0.05) is 26.7 Å². The fourth-order valence-corrected chi connectivity index (χ4v) is 2.03. The van der Waals surface area contributed by atoms with Gasteiger partial charge < -0.3 is 27.9 Å². The summed E-state index contributed by atoms with van der Waals surface area (Å²) in [6.45, 7) is 10.00. The standard InChI is InChI=1S/C8H19O3P.C4H11O3P/c1-3-5-7-10-12(9)11-8-6-4-2;1-3-6-8(5)7-4-2/h9H,3-8H2,1-2H3;5H,3-4H2,1-2H3. The highest BCUT2D eigenvalue weighted by Crippen LogP contribution is 2.33. The minimum Gasteiger partial charge on any atom is -0.328 e. The third-order valence-corrected chi connectivity index (χ3v) is 3.64. The average molecular weight is 332 g/mol. The van der Waals surface area contributed by atoms with E-state index in [1.165, 1.54) is 0 Å². The molecule has 0 aliphatic heterocycles. The Morgan fingerprint density at radius 2 is 1.00 bits per heavy atom. The molecular weight excluding hydrogens is 302 g/mol. The van der Waals surface area contributed by atoms with Crippen molar-refractivity contribution < 1.29 is 27.9 Å². The van der Waals surface area contributed by atoms with Gasteiger partial charge >= 0.3 is 17.2 Å². The fourth-order valence-electron chi connectivity index (χ4n) is 0.869. The smallest absolute Gasteiger partial charge is 0.328 e. The summed E-state index contributed by atoms with van der Waals surface area (Å²) in [4.78, 5) is 17.8. The van der Waals surface area contributed by atoms with Crippen LogP contribution in [0.4, 0.5) is 0 Å². The summed E-state index contributed by atoms with van der Waals surface area (Å²) in [6, 6.07) is 0. The van der Waals surface area contributed by atoms with Crippen molar-refractivity contribution >= 4 is 17.2 Å². The van der Waals surface area contributed by atoms with Crippen molar-refractivity contribution in [1.29, 1.82) is 0 Å². The van der Waals surface area contributed by atoms with E-state index in [9.17, 15) is 0 Å². The molecule has 20 heavy (non-hydrogen) atoms. The van der Waals surface area contributed by atoms with Crippen molar-refractivity contribution in [1.82, 2.24) is 0 Å². The maximum Gasteiger partial charge on any atom is 0.329 e. The van der Waals surface area contributed by atoms with E-state index in [4.69, 9.17) is 18.8 Å². The van der Waals surface area contributed by atoms with Crippen LogP contribution < -0.4 is 0 Å². The zero-order valence-corrected chi connectivity index (χ0v) is 14.9. The first-order valence-electron chi connectivity index (χ1n) is 7.11. The quantitative estimate of drug-likeness (QED) is 0.413. The maximum absolute atomic E-state index is 9.12. The summed E-state index contributed by atoms with van der Waals surface area (Å²) < 4.78 is 19.4. The molecule has 0 radical (unpaired) electrons. The Balaban J connectivity index is 0. The summed E-state index contributed by atoms with van der Waals surface area (Å²) in [7, 11) is -3.18. The molecule has 0 rings (SSSR count). The SMILES string of the molecule is CCCCOP(O)OCCCC.CCOP(O)OCC. The van der Waals surface area contributed by atoms with Gasteiger partial charge in [0.1, 0.15) is 0 Å². The first kappa shape index (κ1) is 22.9. The van der Waals surface area contributed by atoms with E-state index in [1.54, 1.807) is 0 Å². The van der Waals surface area contributed by atoms with E-state index < -0.39 is 17.2 Å². The molecule has 8 heteroatoms. The Morgan fingerprint density at radius 3 is 1.30 bits per heavy atom. The second-order valence-electron chi connectivity index (χ2n) is 3.68. The Morgan fingerprint density at radius 1 is 0.650 bits per heavy atom. The van der Waals surface area contributed by atoms with Crippen molar-refractivity contribution in [2.75, 3.05) is 26.4 Å². The molecular formula is C12H30O6P2. The van der Waals surface area contributed by atoms with Gasteiger partial charge in [-0.15, -0.1) is 0 Å². The monoisotopic (exact) mass is 332 g/mol. The Bertz CT molecular complexity index is 160. The van der Waals surface area contributed by atoms with Crippen LogP contribution in [0.5, 0.6) is 0 Å². The lowest BCUT2D eigenvalue weighted by Gasteiger charge is -2.09. The normalized spacial score (nSPS) is 10.8. The number of hydrogen-bond donors (Lipinski definition) is 2. The highest BCUT2D eigenvalue weighted by atomic mass is 31.2. The van der Waals surface area contributed by atoms with E-state index in [-0.39, 0.29) is 0 Å². The van der Waals surface area contributed by atoms with Gasteiger partial charge in [0.25, 0.3) is 0 Å². The van der Waals surface area contributed by atoms with Gasteiger partial charge in [-0.2, -0.15) is 0 Å². The summed E-state index contributed by atoms with van der Waals surface area (Å²) in [5.74, 6) is 0. The lowest BCUT2D eigenvalue weighted by Crippen LogP contribution is -1.94. The Hall–Kier alpha value is 0.620. The number of unbranched alkanes of at least 4 members (excludes halogenated alkanes) is 2. The summed E-state index contributed by atoms with van der Waals surface area (Å²) in [5, 5.41) is 0. The van der Waals surface area contributed by atoms with Gasteiger partial charge in [-0.25, -0.2) is 0 Å². The van der Waals surface area contributed by atoms with E-state index in [2.05, 4.69) is 22.9 Å². The van der Waals surface area contributed by atoms with Crippen LogP contribution in [0.2, 0.25) is 0 Å². The highest BCUT2D eigenvalue weighted by Gasteiger charge is 2.04. The number of rotatable bonds is 12. The third-order valence-electron chi connectivity index (χ3n) is 1.88. The molecule has 0 aromatic heterocycles. The van der Waals surface area contributed by atoms with Crippen molar-refractivity contribution in [3.8, 4) is 0 Å². The van der Waals surface area contributed by atoms with Crippen LogP contribution in [0.1, 0.15) is 53.4 Å². The third kappa shape index (κ3) is 20.9. The van der Waals surface area contributed by atoms with E-state index in [0.717, 1.165) is 25.7 Å². The second kappa shape index (κ2) is 19.6. The zero-order chi connectivity index (χ0) is 15.6. The largest absolute Gasteiger partial charge is 0.329 e. The molecule has 2 N–H and O–H groups in total. The van der Waals surface area contributed by atoms with Gasteiger partial charge in [0.05, 0.1) is 26.4 Å². The summed E-state index contributed by atoms with van der Waals surface area (Å²) >= 11 is 0. The Labute approximate surface area is 125 Å². The van der Waals surface area contributed by atoms with Crippen molar-refractivity contribution in [2.24, 2.45) is 0 Å². The van der Waals surface area contributed by atoms with Gasteiger partial charge in [0.15, 0.2) is 0 Å². The van der Waals surface area contributed by atoms with Crippen LogP contribution in [0.25, 0.3) is 0 Å². The molecule has 0 saturated carbocycles. The first-order chi connectivity index (χ1) is 9.62. The molecule has 0 aromatic rings. The maximum atomic E-state index is 9.12. The molecule has 0 aliphatic rings. The van der Waals surface area contributed by atoms with Crippen LogP contribution in [0.15, 0.2) is 0 Å². The zero-order valence-electron chi connectivity index (χ0n) is 13.1. The lowest BCUT2D eigenvalue weighted by molar-refractivity contribution is 0.196. The molecule has 0 atom stereocenters. The predicted molar refractivity (Wildman–Crippen MR) is 83.2 cm³/mol. The van der Waals surface area contributed by atoms with Crippen LogP contribution >= 0.6 is 17.2 Å². The number of hydrogen-bond acceptors (Lipinski definition) is 6. The first-order valence-corrected chi connectivity index (χ1v) is 9.37. The molecule has 0 bridgehead atoms. The van der Waals surface area contributed by atoms with Gasteiger partial charge in [-0.05, 0) is 26.7 Å². The van der Waals surface area contributed by atoms with Crippen LogP contribution in [-0.4, -0.2) is 36.2 Å². The molecule has 0 heterocycles. The van der Waals surface area contributed by atoms with Crippen LogP contribution in [-0.2, 0) is 18.1 Å². The van der Waals surface area contributed by atoms with Crippen molar-refractivity contribution in [3.63, 3.8) is 0 Å². The molecule has 0 unspecified atom stereocenters. The predicted octanol–water partition coefficient (Wildman–Crippen LogP) is 4.12. The molecule has 0 aliphatic carbocycles. The van der Waals surface area contributed by atoms with E-state index in [1.807, 2.05) is 13.8 Å². The summed E-state index contributed by atoms with van der Waals surface area (Å²) in [6.07, 6.45) is 4.13. The molecule has 0 aromatic carbocycles. The molecule has 0 fully saturated rings. The van der Waals surface area contributed by atoms with Crippen LogP contribution in [0, 0.1) is 0 Å². The highest BCUT2D eigenvalue weighted by molar-refractivity contribution is 7.40. The lowest BCUT2D eigenvalue weighted by atomic mass is 10.4. The van der Waals surface area contributed by atoms with Gasteiger partial charge in [-0.3, -0.25) is 0 Å². The Kier molecular flexibility index (Phi) is 22.5. The van der Waals surface area contributed by atoms with E-state index in [0.29, 0.717) is 26.4 Å². The second-order valence-corrected chi connectivity index (χ2v) is 5.67. The van der Waals surface area contributed by atoms with Crippen molar-refractivity contribution in [3.05, 3.63) is 0 Å². The molecule has 0 amide bonds. The van der Waals surface area contributed by atoms with Gasteiger partial charge in [0, 0.05) is 0 Å².